The minimum Gasteiger partial charge on any atom is -0.396 e. The second-order valence-corrected chi connectivity index (χ2v) is 4.25. The molecular formula is C13H17N5O. The summed E-state index contributed by atoms with van der Waals surface area (Å²) in [4.78, 5) is 18.1. The van der Waals surface area contributed by atoms with Gasteiger partial charge in [0.15, 0.2) is 0 Å². The third-order valence-electron chi connectivity index (χ3n) is 2.96. The van der Waals surface area contributed by atoms with E-state index in [1.54, 1.807) is 24.3 Å². The molecule has 6 heteroatoms. The molecule has 0 fully saturated rings. The van der Waals surface area contributed by atoms with Gasteiger partial charge in [0.05, 0.1) is 11.9 Å². The molecule has 0 aromatic carbocycles. The van der Waals surface area contributed by atoms with Crippen LogP contribution in [0, 0.1) is 0 Å². The maximum atomic E-state index is 12.5. The molecule has 0 bridgehead atoms. The van der Waals surface area contributed by atoms with Gasteiger partial charge in [-0.3, -0.25) is 14.5 Å². The van der Waals surface area contributed by atoms with Crippen LogP contribution in [0.15, 0.2) is 30.7 Å². The summed E-state index contributed by atoms with van der Waals surface area (Å²) < 4.78 is 1.51. The van der Waals surface area contributed by atoms with Gasteiger partial charge in [0, 0.05) is 32.5 Å². The number of pyridine rings is 1. The van der Waals surface area contributed by atoms with Crippen molar-refractivity contribution >= 4 is 11.6 Å². The summed E-state index contributed by atoms with van der Waals surface area (Å²) in [7, 11) is 1.71. The Morgan fingerprint density at radius 3 is 2.63 bits per heavy atom. The van der Waals surface area contributed by atoms with Crippen LogP contribution in [0.4, 0.5) is 5.69 Å². The first kappa shape index (κ1) is 13.1. The van der Waals surface area contributed by atoms with Crippen LogP contribution in [0.25, 0.3) is 0 Å². The molecule has 0 unspecified atom stereocenters. The maximum absolute atomic E-state index is 12.5. The lowest BCUT2D eigenvalue weighted by molar-refractivity contribution is 0.0742. The number of anilines is 1. The molecule has 0 radical (unpaired) electrons. The molecule has 2 heterocycles. The van der Waals surface area contributed by atoms with E-state index in [9.17, 15) is 4.79 Å². The summed E-state index contributed by atoms with van der Waals surface area (Å²) in [5.41, 5.74) is 7.65. The number of rotatable bonds is 4. The number of hydrogen-bond acceptors (Lipinski definition) is 4. The van der Waals surface area contributed by atoms with E-state index in [0.717, 1.165) is 5.56 Å². The number of carbonyl (C=O) groups excluding carboxylic acids is 1. The van der Waals surface area contributed by atoms with Crippen LogP contribution in [0.2, 0.25) is 0 Å². The lowest BCUT2D eigenvalue weighted by Gasteiger charge is -2.21. The van der Waals surface area contributed by atoms with Crippen molar-refractivity contribution in [3.63, 3.8) is 0 Å². The molecule has 0 aliphatic heterocycles. The topological polar surface area (TPSA) is 77.0 Å². The van der Waals surface area contributed by atoms with Gasteiger partial charge in [-0.05, 0) is 24.6 Å². The Bertz CT molecular complexity index is 544. The summed E-state index contributed by atoms with van der Waals surface area (Å²) in [6.07, 6.45) is 4.92. The molecule has 0 saturated heterocycles. The first-order valence-corrected chi connectivity index (χ1v) is 6.09. The fourth-order valence-electron chi connectivity index (χ4n) is 1.90. The number of aryl methyl sites for hydroxylation is 1. The highest BCUT2D eigenvalue weighted by Crippen LogP contribution is 2.14. The SMILES string of the molecule is CCN(Cc1ccncc1)C(=O)c1c(N)cnn1C. The molecule has 0 spiro atoms. The molecule has 2 aromatic heterocycles. The van der Waals surface area contributed by atoms with E-state index in [4.69, 9.17) is 5.73 Å². The standard InChI is InChI=1S/C13H17N5O/c1-3-18(9-10-4-6-15-7-5-10)13(19)12-11(14)8-16-17(12)2/h4-8H,3,9,14H2,1-2H3. The monoisotopic (exact) mass is 259 g/mol. The van der Waals surface area contributed by atoms with E-state index < -0.39 is 0 Å². The van der Waals surface area contributed by atoms with E-state index in [2.05, 4.69) is 10.1 Å². The van der Waals surface area contributed by atoms with Gasteiger partial charge in [0.1, 0.15) is 5.69 Å². The molecule has 0 aliphatic rings. The van der Waals surface area contributed by atoms with Crippen LogP contribution in [0.3, 0.4) is 0 Å². The van der Waals surface area contributed by atoms with Gasteiger partial charge in [0.2, 0.25) is 0 Å². The van der Waals surface area contributed by atoms with Crippen molar-refractivity contribution in [2.45, 2.75) is 13.5 Å². The average Bonchev–Trinajstić information content (AvgIpc) is 2.76. The summed E-state index contributed by atoms with van der Waals surface area (Å²) in [5, 5.41) is 4.00. The Morgan fingerprint density at radius 2 is 2.11 bits per heavy atom. The largest absolute Gasteiger partial charge is 0.396 e. The minimum atomic E-state index is -0.114. The lowest BCUT2D eigenvalue weighted by atomic mass is 10.2. The molecule has 2 N–H and O–H groups in total. The highest BCUT2D eigenvalue weighted by atomic mass is 16.2. The normalized spacial score (nSPS) is 10.4. The number of nitrogen functional groups attached to an aromatic ring is 1. The molecule has 0 atom stereocenters. The zero-order valence-corrected chi connectivity index (χ0v) is 11.1. The zero-order chi connectivity index (χ0) is 13.8. The Balaban J connectivity index is 2.21. The minimum absolute atomic E-state index is 0.114. The van der Waals surface area contributed by atoms with E-state index in [1.165, 1.54) is 10.9 Å². The van der Waals surface area contributed by atoms with Crippen LogP contribution in [0.5, 0.6) is 0 Å². The number of nitrogens with zero attached hydrogens (tertiary/aromatic N) is 4. The van der Waals surface area contributed by atoms with Crippen molar-refractivity contribution in [3.8, 4) is 0 Å². The average molecular weight is 259 g/mol. The second-order valence-electron chi connectivity index (χ2n) is 4.25. The van der Waals surface area contributed by atoms with E-state index in [0.29, 0.717) is 24.5 Å². The molecule has 2 rings (SSSR count). The maximum Gasteiger partial charge on any atom is 0.274 e. The van der Waals surface area contributed by atoms with E-state index in [1.807, 2.05) is 19.1 Å². The highest BCUT2D eigenvalue weighted by Gasteiger charge is 2.20. The Labute approximate surface area is 111 Å². The quantitative estimate of drug-likeness (QED) is 0.890. The predicted octanol–water partition coefficient (Wildman–Crippen LogP) is 1.06. The fraction of sp³-hybridized carbons (Fsp3) is 0.308. The lowest BCUT2D eigenvalue weighted by Crippen LogP contribution is -2.32. The van der Waals surface area contributed by atoms with Crippen LogP contribution in [-0.2, 0) is 13.6 Å². The molecule has 2 aromatic rings. The zero-order valence-electron chi connectivity index (χ0n) is 11.1. The number of hydrogen-bond donors (Lipinski definition) is 1. The van der Waals surface area contributed by atoms with Crippen LogP contribution >= 0.6 is 0 Å². The summed E-state index contributed by atoms with van der Waals surface area (Å²) >= 11 is 0. The fourth-order valence-corrected chi connectivity index (χ4v) is 1.90. The van der Waals surface area contributed by atoms with Gasteiger partial charge < -0.3 is 10.6 Å². The molecule has 19 heavy (non-hydrogen) atoms. The van der Waals surface area contributed by atoms with Gasteiger partial charge in [0.25, 0.3) is 5.91 Å². The van der Waals surface area contributed by atoms with Crippen molar-refractivity contribution in [1.82, 2.24) is 19.7 Å². The van der Waals surface area contributed by atoms with E-state index >= 15 is 0 Å². The number of aromatic nitrogens is 3. The Morgan fingerprint density at radius 1 is 1.42 bits per heavy atom. The summed E-state index contributed by atoms with van der Waals surface area (Å²) in [5.74, 6) is -0.114. The van der Waals surface area contributed by atoms with Crippen molar-refractivity contribution in [2.24, 2.45) is 7.05 Å². The van der Waals surface area contributed by atoms with Crippen molar-refractivity contribution in [1.29, 1.82) is 0 Å². The van der Waals surface area contributed by atoms with Crippen LogP contribution in [-0.4, -0.2) is 32.1 Å². The number of amides is 1. The first-order valence-electron chi connectivity index (χ1n) is 6.09. The van der Waals surface area contributed by atoms with Gasteiger partial charge in [-0.15, -0.1) is 0 Å². The predicted molar refractivity (Wildman–Crippen MR) is 72.3 cm³/mol. The first-order chi connectivity index (χ1) is 9.13. The van der Waals surface area contributed by atoms with Gasteiger partial charge in [-0.1, -0.05) is 0 Å². The number of nitrogens with two attached hydrogens (primary N) is 1. The van der Waals surface area contributed by atoms with Crippen molar-refractivity contribution < 1.29 is 4.79 Å². The van der Waals surface area contributed by atoms with Gasteiger partial charge in [-0.2, -0.15) is 5.10 Å². The van der Waals surface area contributed by atoms with Crippen molar-refractivity contribution in [2.75, 3.05) is 12.3 Å². The third kappa shape index (κ3) is 2.73. The molecular weight excluding hydrogens is 242 g/mol. The van der Waals surface area contributed by atoms with Gasteiger partial charge in [-0.25, -0.2) is 0 Å². The molecule has 100 valence electrons. The van der Waals surface area contributed by atoms with E-state index in [-0.39, 0.29) is 5.91 Å². The molecule has 0 aliphatic carbocycles. The molecule has 0 saturated carbocycles. The second kappa shape index (κ2) is 5.51. The van der Waals surface area contributed by atoms with Crippen LogP contribution < -0.4 is 5.73 Å². The Kier molecular flexibility index (Phi) is 3.79. The third-order valence-corrected chi connectivity index (χ3v) is 2.96. The molecule has 6 nitrogen and oxygen atoms in total. The Hall–Kier alpha value is -2.37. The number of carbonyl (C=O) groups is 1. The smallest absolute Gasteiger partial charge is 0.274 e. The summed E-state index contributed by atoms with van der Waals surface area (Å²) in [6, 6.07) is 3.78. The summed E-state index contributed by atoms with van der Waals surface area (Å²) in [6.45, 7) is 3.07. The highest BCUT2D eigenvalue weighted by molar-refractivity contribution is 5.97. The van der Waals surface area contributed by atoms with Crippen molar-refractivity contribution in [3.05, 3.63) is 42.0 Å². The van der Waals surface area contributed by atoms with Crippen LogP contribution in [0.1, 0.15) is 23.0 Å². The molecule has 1 amide bonds. The van der Waals surface area contributed by atoms with Gasteiger partial charge >= 0.3 is 0 Å².